The van der Waals surface area contributed by atoms with E-state index in [1.807, 2.05) is 37.1 Å². The van der Waals surface area contributed by atoms with E-state index in [0.717, 1.165) is 25.3 Å². The summed E-state index contributed by atoms with van der Waals surface area (Å²) in [5.41, 5.74) is 3.86. The summed E-state index contributed by atoms with van der Waals surface area (Å²) < 4.78 is 2.07. The Hall–Kier alpha value is -2.62. The van der Waals surface area contributed by atoms with Crippen molar-refractivity contribution in [2.75, 3.05) is 18.0 Å². The first-order valence-electron chi connectivity index (χ1n) is 7.18. The molecule has 3 aromatic heterocycles. The number of imidazole rings is 1. The van der Waals surface area contributed by atoms with Gasteiger partial charge in [-0.3, -0.25) is 0 Å². The Morgan fingerprint density at radius 2 is 2.10 bits per heavy atom. The highest BCUT2D eigenvalue weighted by Crippen LogP contribution is 2.27. The second kappa shape index (κ2) is 5.05. The van der Waals surface area contributed by atoms with Gasteiger partial charge in [0.1, 0.15) is 5.82 Å². The topological polar surface area (TPSA) is 33.4 Å². The van der Waals surface area contributed by atoms with E-state index in [1.165, 1.54) is 16.7 Å². The molecule has 0 amide bonds. The second-order valence-corrected chi connectivity index (χ2v) is 5.22. The third kappa shape index (κ3) is 2.18. The number of hydrogen-bond donors (Lipinski definition) is 0. The van der Waals surface area contributed by atoms with Crippen molar-refractivity contribution in [3.8, 4) is 0 Å². The molecule has 4 nitrogen and oxygen atoms in total. The maximum absolute atomic E-state index is 4.42. The SMILES string of the molecule is C1=C(c2cccn3cncc23)CCN(c2ccccn2)C1. The van der Waals surface area contributed by atoms with Crippen molar-refractivity contribution in [3.05, 3.63) is 66.9 Å². The van der Waals surface area contributed by atoms with Crippen LogP contribution in [0.25, 0.3) is 11.1 Å². The van der Waals surface area contributed by atoms with Crippen LogP contribution in [0.1, 0.15) is 12.0 Å². The largest absolute Gasteiger partial charge is 0.353 e. The van der Waals surface area contributed by atoms with Crippen LogP contribution in [0.3, 0.4) is 0 Å². The third-order valence-corrected chi connectivity index (χ3v) is 3.98. The van der Waals surface area contributed by atoms with Gasteiger partial charge in [0.15, 0.2) is 0 Å². The Balaban J connectivity index is 1.64. The predicted molar refractivity (Wildman–Crippen MR) is 84.2 cm³/mol. The van der Waals surface area contributed by atoms with E-state index in [2.05, 4.69) is 43.5 Å². The maximum Gasteiger partial charge on any atom is 0.128 e. The number of hydrogen-bond acceptors (Lipinski definition) is 3. The Bertz CT molecular complexity index is 789. The van der Waals surface area contributed by atoms with Crippen LogP contribution in [-0.2, 0) is 0 Å². The molecule has 0 spiro atoms. The molecule has 0 unspecified atom stereocenters. The molecule has 104 valence electrons. The molecule has 1 aliphatic heterocycles. The molecular formula is C17H16N4. The van der Waals surface area contributed by atoms with E-state index in [9.17, 15) is 0 Å². The van der Waals surface area contributed by atoms with E-state index in [-0.39, 0.29) is 0 Å². The van der Waals surface area contributed by atoms with E-state index in [1.54, 1.807) is 0 Å². The molecule has 0 fully saturated rings. The molecule has 0 bridgehead atoms. The van der Waals surface area contributed by atoms with Crippen LogP contribution in [0.2, 0.25) is 0 Å². The van der Waals surface area contributed by atoms with Crippen molar-refractivity contribution in [1.29, 1.82) is 0 Å². The quantitative estimate of drug-likeness (QED) is 0.721. The minimum absolute atomic E-state index is 0.904. The molecular weight excluding hydrogens is 260 g/mol. The molecule has 0 aromatic carbocycles. The van der Waals surface area contributed by atoms with Crippen LogP contribution in [-0.4, -0.2) is 27.5 Å². The van der Waals surface area contributed by atoms with Crippen LogP contribution < -0.4 is 4.90 Å². The van der Waals surface area contributed by atoms with Crippen LogP contribution in [0.5, 0.6) is 0 Å². The Labute approximate surface area is 123 Å². The van der Waals surface area contributed by atoms with E-state index < -0.39 is 0 Å². The van der Waals surface area contributed by atoms with Gasteiger partial charge in [-0.2, -0.15) is 0 Å². The lowest BCUT2D eigenvalue weighted by Gasteiger charge is -2.27. The average molecular weight is 276 g/mol. The number of nitrogens with zero attached hydrogens (tertiary/aromatic N) is 4. The van der Waals surface area contributed by atoms with E-state index in [4.69, 9.17) is 0 Å². The first-order valence-corrected chi connectivity index (χ1v) is 7.18. The summed E-state index contributed by atoms with van der Waals surface area (Å²) in [4.78, 5) is 11.0. The first kappa shape index (κ1) is 12.1. The molecule has 1 aliphatic rings. The van der Waals surface area contributed by atoms with Gasteiger partial charge in [-0.1, -0.05) is 18.2 Å². The second-order valence-electron chi connectivity index (χ2n) is 5.22. The number of pyridine rings is 2. The fraction of sp³-hybridized carbons (Fsp3) is 0.176. The van der Waals surface area contributed by atoms with Gasteiger partial charge in [-0.15, -0.1) is 0 Å². The monoisotopic (exact) mass is 276 g/mol. The summed E-state index contributed by atoms with van der Waals surface area (Å²) in [7, 11) is 0. The van der Waals surface area contributed by atoms with Crippen LogP contribution in [0, 0.1) is 0 Å². The van der Waals surface area contributed by atoms with Crippen LogP contribution in [0.15, 0.2) is 61.3 Å². The van der Waals surface area contributed by atoms with Gasteiger partial charge >= 0.3 is 0 Å². The zero-order valence-electron chi connectivity index (χ0n) is 11.7. The highest BCUT2D eigenvalue weighted by molar-refractivity contribution is 5.79. The third-order valence-electron chi connectivity index (χ3n) is 3.98. The summed E-state index contributed by atoms with van der Waals surface area (Å²) in [5, 5.41) is 0. The van der Waals surface area contributed by atoms with Crippen LogP contribution >= 0.6 is 0 Å². The summed E-state index contributed by atoms with van der Waals surface area (Å²) in [6, 6.07) is 10.3. The number of fused-ring (bicyclic) bond motifs is 1. The average Bonchev–Trinajstić information content (AvgIpc) is 3.04. The molecule has 4 rings (SSSR count). The van der Waals surface area contributed by atoms with Crippen LogP contribution in [0.4, 0.5) is 5.82 Å². The predicted octanol–water partition coefficient (Wildman–Crippen LogP) is 3.02. The Morgan fingerprint density at radius 3 is 2.90 bits per heavy atom. The van der Waals surface area contributed by atoms with Gasteiger partial charge in [0.25, 0.3) is 0 Å². The number of rotatable bonds is 2. The minimum atomic E-state index is 0.904. The smallest absolute Gasteiger partial charge is 0.128 e. The lowest BCUT2D eigenvalue weighted by Crippen LogP contribution is -2.28. The van der Waals surface area contributed by atoms with Gasteiger partial charge in [0.2, 0.25) is 0 Å². The van der Waals surface area contributed by atoms with Crippen molar-refractivity contribution in [3.63, 3.8) is 0 Å². The lowest BCUT2D eigenvalue weighted by molar-refractivity contribution is 0.817. The summed E-state index contributed by atoms with van der Waals surface area (Å²) in [6.07, 6.45) is 11.0. The zero-order chi connectivity index (χ0) is 14.1. The molecule has 0 saturated carbocycles. The molecule has 21 heavy (non-hydrogen) atoms. The van der Waals surface area contributed by atoms with Crippen molar-refractivity contribution in [2.24, 2.45) is 0 Å². The molecule has 4 heterocycles. The van der Waals surface area contributed by atoms with Crippen molar-refractivity contribution >= 4 is 16.9 Å². The summed E-state index contributed by atoms with van der Waals surface area (Å²) in [6.45, 7) is 1.90. The minimum Gasteiger partial charge on any atom is -0.353 e. The Morgan fingerprint density at radius 1 is 1.10 bits per heavy atom. The normalized spacial score (nSPS) is 15.2. The lowest BCUT2D eigenvalue weighted by atomic mass is 9.99. The molecule has 0 atom stereocenters. The first-order chi connectivity index (χ1) is 10.4. The van der Waals surface area contributed by atoms with E-state index in [0.29, 0.717) is 0 Å². The summed E-state index contributed by atoms with van der Waals surface area (Å²) in [5.74, 6) is 1.05. The summed E-state index contributed by atoms with van der Waals surface area (Å²) >= 11 is 0. The highest BCUT2D eigenvalue weighted by Gasteiger charge is 2.15. The Kier molecular flexibility index (Phi) is 2.92. The van der Waals surface area contributed by atoms with Crippen molar-refractivity contribution in [2.45, 2.75) is 6.42 Å². The highest BCUT2D eigenvalue weighted by atomic mass is 15.2. The maximum atomic E-state index is 4.42. The molecule has 0 aliphatic carbocycles. The molecule has 0 radical (unpaired) electrons. The van der Waals surface area contributed by atoms with Gasteiger partial charge < -0.3 is 9.30 Å². The number of anilines is 1. The van der Waals surface area contributed by atoms with Crippen molar-refractivity contribution in [1.82, 2.24) is 14.4 Å². The molecule has 4 heteroatoms. The molecule has 3 aromatic rings. The van der Waals surface area contributed by atoms with Crippen molar-refractivity contribution < 1.29 is 0 Å². The molecule has 0 N–H and O–H groups in total. The standard InChI is InChI=1S/C17H16N4/c1-2-8-19-17(5-1)20-10-6-14(7-11-20)15-4-3-9-21-13-18-12-16(15)21/h1-6,8-9,12-13H,7,10-11H2. The fourth-order valence-electron chi connectivity index (χ4n) is 2.88. The van der Waals surface area contributed by atoms with Gasteiger partial charge in [0, 0.05) is 31.0 Å². The fourth-order valence-corrected chi connectivity index (χ4v) is 2.88. The zero-order valence-corrected chi connectivity index (χ0v) is 11.7. The van der Waals surface area contributed by atoms with E-state index >= 15 is 0 Å². The van der Waals surface area contributed by atoms with Gasteiger partial charge in [0.05, 0.1) is 18.0 Å². The van der Waals surface area contributed by atoms with Gasteiger partial charge in [-0.05, 0) is 30.2 Å². The number of aromatic nitrogens is 3. The molecule has 0 saturated heterocycles. The van der Waals surface area contributed by atoms with Gasteiger partial charge in [-0.25, -0.2) is 9.97 Å².